The first-order chi connectivity index (χ1) is 13.1. The van der Waals surface area contributed by atoms with Crippen LogP contribution < -0.4 is 9.64 Å². The van der Waals surface area contributed by atoms with Crippen LogP contribution in [0.2, 0.25) is 5.15 Å². The summed E-state index contributed by atoms with van der Waals surface area (Å²) in [4.78, 5) is 15.3. The molecule has 2 unspecified atom stereocenters. The van der Waals surface area contributed by atoms with Gasteiger partial charge in [0.2, 0.25) is 0 Å². The Morgan fingerprint density at radius 1 is 1.26 bits per heavy atom. The van der Waals surface area contributed by atoms with Gasteiger partial charge in [-0.1, -0.05) is 34.2 Å². The molecule has 0 aromatic carbocycles. The standard InChI is InChI=1S/C19H21ClFIN4O/c20-16-14(21)15-13(6-23-16)17(26-7-11-1-2-12(5-11)8-26)25-18(24-15)27-10-19(9-22)3-4-19/h6,11-12H,1-5,7-10H2. The molecule has 2 atom stereocenters. The molecule has 8 heteroatoms. The molecule has 3 heterocycles. The molecule has 2 aromatic rings. The molecule has 2 saturated carbocycles. The van der Waals surface area contributed by atoms with E-state index in [1.807, 2.05) is 0 Å². The Hall–Kier alpha value is -0.960. The molecule has 2 aliphatic carbocycles. The SMILES string of the molecule is Fc1c(Cl)ncc2c(N3CC4CCC(C4)C3)nc(OCC3(CI)CC3)nc12. The number of rotatable bonds is 5. The zero-order chi connectivity index (χ0) is 18.6. The molecule has 3 fully saturated rings. The second-order valence-electron chi connectivity index (χ2n) is 8.33. The maximum atomic E-state index is 14.7. The third-order valence-corrected chi connectivity index (χ3v) is 8.14. The van der Waals surface area contributed by atoms with E-state index in [9.17, 15) is 4.39 Å². The fourth-order valence-corrected chi connectivity index (χ4v) is 5.52. The van der Waals surface area contributed by atoms with Gasteiger partial charge in [0.25, 0.3) is 0 Å². The minimum absolute atomic E-state index is 0.164. The van der Waals surface area contributed by atoms with Crippen molar-refractivity contribution in [2.75, 3.05) is 29.0 Å². The summed E-state index contributed by atoms with van der Waals surface area (Å²) in [7, 11) is 0. The predicted octanol–water partition coefficient (Wildman–Crippen LogP) is 4.65. The molecule has 5 nitrogen and oxygen atoms in total. The first kappa shape index (κ1) is 18.1. The summed E-state index contributed by atoms with van der Waals surface area (Å²) < 4.78 is 21.7. The van der Waals surface area contributed by atoms with Crippen LogP contribution in [0.15, 0.2) is 6.20 Å². The van der Waals surface area contributed by atoms with Crippen LogP contribution in [0.3, 0.4) is 0 Å². The minimum Gasteiger partial charge on any atom is -0.463 e. The first-order valence-corrected chi connectivity index (χ1v) is 11.4. The zero-order valence-corrected chi connectivity index (χ0v) is 17.8. The average molecular weight is 503 g/mol. The van der Waals surface area contributed by atoms with Crippen LogP contribution in [-0.4, -0.2) is 39.1 Å². The second-order valence-corrected chi connectivity index (χ2v) is 9.45. The maximum Gasteiger partial charge on any atom is 0.319 e. The summed E-state index contributed by atoms with van der Waals surface area (Å²) >= 11 is 8.31. The van der Waals surface area contributed by atoms with Gasteiger partial charge in [-0.15, -0.1) is 0 Å². The van der Waals surface area contributed by atoms with Gasteiger partial charge in [0.15, 0.2) is 11.0 Å². The maximum absolute atomic E-state index is 14.7. The lowest BCUT2D eigenvalue weighted by Gasteiger charge is -2.33. The van der Waals surface area contributed by atoms with Gasteiger partial charge < -0.3 is 9.64 Å². The molecule has 1 aliphatic heterocycles. The Labute approximate surface area is 176 Å². The smallest absolute Gasteiger partial charge is 0.319 e. The lowest BCUT2D eigenvalue weighted by Crippen LogP contribution is -2.37. The Morgan fingerprint density at radius 2 is 2.00 bits per heavy atom. The van der Waals surface area contributed by atoms with Crippen LogP contribution >= 0.6 is 34.2 Å². The molecule has 1 saturated heterocycles. The van der Waals surface area contributed by atoms with E-state index in [1.165, 1.54) is 19.3 Å². The number of piperidine rings is 1. The van der Waals surface area contributed by atoms with Gasteiger partial charge in [-0.2, -0.15) is 9.97 Å². The summed E-state index contributed by atoms with van der Waals surface area (Å²) in [5.74, 6) is 1.51. The molecule has 0 spiro atoms. The summed E-state index contributed by atoms with van der Waals surface area (Å²) in [6.45, 7) is 2.47. The fraction of sp³-hybridized carbons (Fsp3) is 0.632. The number of ether oxygens (including phenoxy) is 1. The van der Waals surface area contributed by atoms with Crippen LogP contribution in [-0.2, 0) is 0 Å². The van der Waals surface area contributed by atoms with Gasteiger partial charge in [0, 0.05) is 29.1 Å². The number of alkyl halides is 1. The summed E-state index contributed by atoms with van der Waals surface area (Å²) in [6, 6.07) is 0.243. The van der Waals surface area contributed by atoms with Gasteiger partial charge in [0.1, 0.15) is 11.3 Å². The van der Waals surface area contributed by atoms with Gasteiger partial charge in [0.05, 0.1) is 12.0 Å². The predicted molar refractivity (Wildman–Crippen MR) is 111 cm³/mol. The molecule has 3 aliphatic rings. The lowest BCUT2D eigenvalue weighted by atomic mass is 9.99. The van der Waals surface area contributed by atoms with Crippen LogP contribution in [0, 0.1) is 23.1 Å². The molecule has 0 amide bonds. The van der Waals surface area contributed by atoms with E-state index in [-0.39, 0.29) is 22.1 Å². The van der Waals surface area contributed by atoms with Crippen LogP contribution in [0.1, 0.15) is 32.1 Å². The number of nitrogens with zero attached hydrogens (tertiary/aromatic N) is 4. The van der Waals surface area contributed by atoms with Crippen LogP contribution in [0.4, 0.5) is 10.2 Å². The van der Waals surface area contributed by atoms with Crippen molar-refractivity contribution < 1.29 is 9.13 Å². The average Bonchev–Trinajstić information content (AvgIpc) is 3.40. The fourth-order valence-electron chi connectivity index (χ4n) is 4.40. The second kappa shape index (κ2) is 6.83. The van der Waals surface area contributed by atoms with E-state index in [0.717, 1.165) is 36.2 Å². The molecule has 144 valence electrons. The molecule has 0 radical (unpaired) electrons. The normalized spacial score (nSPS) is 25.8. The van der Waals surface area contributed by atoms with Gasteiger partial charge in [-0.3, -0.25) is 0 Å². The van der Waals surface area contributed by atoms with Crippen LogP contribution in [0.5, 0.6) is 6.01 Å². The van der Waals surface area contributed by atoms with Crippen molar-refractivity contribution in [3.8, 4) is 6.01 Å². The highest BCUT2D eigenvalue weighted by Crippen LogP contribution is 2.47. The minimum atomic E-state index is -0.599. The first-order valence-electron chi connectivity index (χ1n) is 9.52. The Bertz CT molecular complexity index is 882. The molecule has 2 aromatic heterocycles. The third-order valence-electron chi connectivity index (χ3n) is 6.26. The number of aromatic nitrogens is 3. The number of hydrogen-bond donors (Lipinski definition) is 0. The summed E-state index contributed by atoms with van der Waals surface area (Å²) in [5, 5.41) is 0.448. The summed E-state index contributed by atoms with van der Waals surface area (Å²) in [6.07, 6.45) is 7.74. The quantitative estimate of drug-likeness (QED) is 0.339. The van der Waals surface area contributed by atoms with Crippen molar-refractivity contribution in [2.45, 2.75) is 32.1 Å². The largest absolute Gasteiger partial charge is 0.463 e. The van der Waals surface area contributed by atoms with E-state index >= 15 is 0 Å². The number of halogens is 3. The van der Waals surface area contributed by atoms with Gasteiger partial charge in [-0.05, 0) is 43.9 Å². The summed E-state index contributed by atoms with van der Waals surface area (Å²) in [5.41, 5.74) is 0.435. The lowest BCUT2D eigenvalue weighted by molar-refractivity contribution is 0.234. The van der Waals surface area contributed by atoms with E-state index in [2.05, 4.69) is 37.5 Å². The van der Waals surface area contributed by atoms with E-state index in [1.54, 1.807) is 6.20 Å². The molecular weight excluding hydrogens is 482 g/mol. The molecule has 5 rings (SSSR count). The highest BCUT2D eigenvalue weighted by molar-refractivity contribution is 14.1. The Balaban J connectivity index is 1.54. The number of pyridine rings is 1. The Kier molecular flexibility index (Phi) is 4.57. The number of fused-ring (bicyclic) bond motifs is 3. The van der Waals surface area contributed by atoms with E-state index in [0.29, 0.717) is 23.8 Å². The number of anilines is 1. The highest BCUT2D eigenvalue weighted by Gasteiger charge is 2.42. The van der Waals surface area contributed by atoms with Gasteiger partial charge in [-0.25, -0.2) is 9.37 Å². The van der Waals surface area contributed by atoms with E-state index in [4.69, 9.17) is 21.3 Å². The third kappa shape index (κ3) is 3.34. The Morgan fingerprint density at radius 3 is 2.67 bits per heavy atom. The molecule has 27 heavy (non-hydrogen) atoms. The van der Waals surface area contributed by atoms with Crippen molar-refractivity contribution in [1.29, 1.82) is 0 Å². The molecular formula is C19H21ClFIN4O. The van der Waals surface area contributed by atoms with Crippen molar-refractivity contribution in [3.05, 3.63) is 17.2 Å². The van der Waals surface area contributed by atoms with Crippen molar-refractivity contribution in [3.63, 3.8) is 0 Å². The molecule has 0 N–H and O–H groups in total. The monoisotopic (exact) mass is 502 g/mol. The van der Waals surface area contributed by atoms with Crippen molar-refractivity contribution >= 4 is 50.9 Å². The zero-order valence-electron chi connectivity index (χ0n) is 14.9. The van der Waals surface area contributed by atoms with Crippen molar-refractivity contribution in [2.24, 2.45) is 17.3 Å². The number of hydrogen-bond acceptors (Lipinski definition) is 5. The van der Waals surface area contributed by atoms with Gasteiger partial charge >= 0.3 is 6.01 Å². The highest BCUT2D eigenvalue weighted by atomic mass is 127. The molecule has 2 bridgehead atoms. The van der Waals surface area contributed by atoms with Crippen LogP contribution in [0.25, 0.3) is 10.9 Å². The van der Waals surface area contributed by atoms with Crippen molar-refractivity contribution in [1.82, 2.24) is 15.0 Å². The van der Waals surface area contributed by atoms with E-state index < -0.39 is 5.82 Å². The topological polar surface area (TPSA) is 51.1 Å².